The molecule has 0 aliphatic carbocycles. The zero-order valence-electron chi connectivity index (χ0n) is 6.18. The van der Waals surface area contributed by atoms with Gasteiger partial charge in [-0.3, -0.25) is 5.41 Å². The minimum atomic E-state index is -0.239. The van der Waals surface area contributed by atoms with Gasteiger partial charge in [0, 0.05) is 0 Å². The summed E-state index contributed by atoms with van der Waals surface area (Å²) in [6.07, 6.45) is 0. The molecule has 0 radical (unpaired) electrons. The van der Waals surface area contributed by atoms with E-state index in [1.165, 1.54) is 0 Å². The molecule has 0 fully saturated rings. The second-order valence-corrected chi connectivity index (χ2v) is 1.80. The van der Waals surface area contributed by atoms with Crippen LogP contribution in [0.25, 0.3) is 0 Å². The topological polar surface area (TPSA) is 121 Å². The Bertz CT molecular complexity index is 432. The molecule has 1 aliphatic rings. The standard InChI is InChI=1S/C6HN7/c7-1-4(2-8)5(3-9)6-10-12-13-11-6/h7H. The van der Waals surface area contributed by atoms with Crippen molar-refractivity contribution >= 4 is 5.87 Å². The molecule has 1 N–H and O–H groups in total. The second kappa shape index (κ2) is 3.67. The first-order chi connectivity index (χ1) is 6.33. The van der Waals surface area contributed by atoms with Gasteiger partial charge in [0.25, 0.3) is 0 Å². The Balaban J connectivity index is 3.30. The van der Waals surface area contributed by atoms with E-state index < -0.39 is 0 Å². The average Bonchev–Trinajstić information content (AvgIpc) is 2.66. The third-order valence-corrected chi connectivity index (χ3v) is 1.14. The number of nitrogens with zero attached hydrogens (tertiary/aromatic N) is 6. The van der Waals surface area contributed by atoms with Crippen LogP contribution in [0.1, 0.15) is 0 Å². The molecule has 0 unspecified atom stereocenters. The molecule has 1 rings (SSSR count). The molecule has 0 aromatic carbocycles. The Hall–Kier alpha value is -2.63. The van der Waals surface area contributed by atoms with E-state index in [0.29, 0.717) is 0 Å². The van der Waals surface area contributed by atoms with Gasteiger partial charge in [-0.25, -0.2) is 0 Å². The first-order valence-corrected chi connectivity index (χ1v) is 2.99. The molecule has 0 saturated carbocycles. The lowest BCUT2D eigenvalue weighted by Crippen LogP contribution is -1.88. The summed E-state index contributed by atoms with van der Waals surface area (Å²) in [5.41, 5.74) is -0.389. The molecule has 0 saturated heterocycles. The number of nitrogens with one attached hydrogen (secondary N) is 1. The molecule has 0 amide bonds. The Morgan fingerprint density at radius 1 is 1.15 bits per heavy atom. The van der Waals surface area contributed by atoms with Crippen molar-refractivity contribution in [3.8, 4) is 12.1 Å². The summed E-state index contributed by atoms with van der Waals surface area (Å²) in [4.78, 5) is 0. The Morgan fingerprint density at radius 2 is 1.77 bits per heavy atom. The maximum atomic E-state index is 8.61. The maximum absolute atomic E-state index is 8.61. The van der Waals surface area contributed by atoms with Gasteiger partial charge in [0.15, 0.2) is 0 Å². The van der Waals surface area contributed by atoms with Crippen LogP contribution in [0.15, 0.2) is 37.6 Å². The van der Waals surface area contributed by atoms with Gasteiger partial charge >= 0.3 is 0 Å². The fourth-order valence-corrected chi connectivity index (χ4v) is 0.609. The molecular formula is C6HN7. The van der Waals surface area contributed by atoms with Crippen molar-refractivity contribution in [1.29, 1.82) is 15.9 Å². The van der Waals surface area contributed by atoms with E-state index in [0.717, 1.165) is 0 Å². The van der Waals surface area contributed by atoms with Crippen molar-refractivity contribution in [2.45, 2.75) is 0 Å². The summed E-state index contributed by atoms with van der Waals surface area (Å²) in [5, 5.41) is 36.9. The predicted molar refractivity (Wildman–Crippen MR) is 39.2 cm³/mol. The lowest BCUT2D eigenvalue weighted by Gasteiger charge is -1.88. The van der Waals surface area contributed by atoms with Crippen molar-refractivity contribution in [2.24, 2.45) is 20.7 Å². The highest BCUT2D eigenvalue weighted by atomic mass is 15.5. The smallest absolute Gasteiger partial charge is 0.219 e. The van der Waals surface area contributed by atoms with Gasteiger partial charge in [0.2, 0.25) is 5.82 Å². The van der Waals surface area contributed by atoms with E-state index in [4.69, 9.17) is 15.9 Å². The zero-order valence-corrected chi connectivity index (χ0v) is 6.18. The average molecular weight is 171 g/mol. The molecule has 0 aromatic heterocycles. The lowest BCUT2D eigenvalue weighted by molar-refractivity contribution is 1.06. The van der Waals surface area contributed by atoms with Crippen molar-refractivity contribution in [3.05, 3.63) is 17.0 Å². The van der Waals surface area contributed by atoms with Crippen LogP contribution in [-0.4, -0.2) is 5.87 Å². The maximum Gasteiger partial charge on any atom is 0.219 e. The van der Waals surface area contributed by atoms with Gasteiger partial charge in [0.1, 0.15) is 23.3 Å². The van der Waals surface area contributed by atoms with Gasteiger partial charge in [-0.15, -0.1) is 10.2 Å². The second-order valence-electron chi connectivity index (χ2n) is 1.80. The molecule has 0 spiro atoms. The van der Waals surface area contributed by atoms with Gasteiger partial charge in [-0.05, 0) is 16.3 Å². The van der Waals surface area contributed by atoms with Crippen molar-refractivity contribution in [1.82, 2.24) is 0 Å². The first-order valence-electron chi connectivity index (χ1n) is 2.99. The van der Waals surface area contributed by atoms with E-state index in [2.05, 4.69) is 20.7 Å². The van der Waals surface area contributed by atoms with Crippen LogP contribution in [-0.2, 0) is 0 Å². The summed E-state index contributed by atoms with van der Waals surface area (Å²) in [6, 6.07) is 3.29. The number of hydrogen-bond donors (Lipinski definition) is 1. The van der Waals surface area contributed by atoms with E-state index in [9.17, 15) is 0 Å². The molecule has 7 heteroatoms. The largest absolute Gasteiger partial charge is 0.258 e. The summed E-state index contributed by atoms with van der Waals surface area (Å²) < 4.78 is 0. The quantitative estimate of drug-likeness (QED) is 0.471. The van der Waals surface area contributed by atoms with E-state index in [1.807, 2.05) is 0 Å². The number of allylic oxidation sites excluding steroid dienone is 2. The normalized spacial score (nSPS) is 11.7. The SMILES string of the molecule is N#CC(=C=N)C(C#N)=C1N=NN=N1. The Labute approximate surface area is 72.5 Å². The number of nitriles is 2. The molecule has 0 bridgehead atoms. The Morgan fingerprint density at radius 3 is 2.15 bits per heavy atom. The molecule has 13 heavy (non-hydrogen) atoms. The van der Waals surface area contributed by atoms with E-state index in [1.54, 1.807) is 18.0 Å². The summed E-state index contributed by atoms with van der Waals surface area (Å²) in [5.74, 6) is 1.73. The third-order valence-electron chi connectivity index (χ3n) is 1.14. The zero-order chi connectivity index (χ0) is 9.68. The van der Waals surface area contributed by atoms with Crippen LogP contribution < -0.4 is 0 Å². The highest BCUT2D eigenvalue weighted by Gasteiger charge is 2.13. The highest BCUT2D eigenvalue weighted by Crippen LogP contribution is 2.18. The summed E-state index contributed by atoms with van der Waals surface area (Å²) in [6.45, 7) is 0. The molecule has 1 heterocycles. The van der Waals surface area contributed by atoms with Crippen molar-refractivity contribution < 1.29 is 0 Å². The molecule has 0 atom stereocenters. The third kappa shape index (κ3) is 1.51. The van der Waals surface area contributed by atoms with E-state index in [-0.39, 0.29) is 17.0 Å². The molecule has 1 aliphatic heterocycles. The molecule has 0 aromatic rings. The minimum Gasteiger partial charge on any atom is -0.258 e. The van der Waals surface area contributed by atoms with Crippen LogP contribution in [0, 0.1) is 28.1 Å². The predicted octanol–water partition coefficient (Wildman–Crippen LogP) is 1.25. The van der Waals surface area contributed by atoms with Gasteiger partial charge in [-0.2, -0.15) is 10.5 Å². The lowest BCUT2D eigenvalue weighted by atomic mass is 10.1. The van der Waals surface area contributed by atoms with Crippen LogP contribution in [0.5, 0.6) is 0 Å². The molecule has 60 valence electrons. The Kier molecular flexibility index (Phi) is 2.39. The van der Waals surface area contributed by atoms with Gasteiger partial charge in [0.05, 0.1) is 0 Å². The first kappa shape index (κ1) is 8.47. The van der Waals surface area contributed by atoms with Crippen LogP contribution in [0.3, 0.4) is 0 Å². The molecular weight excluding hydrogens is 170 g/mol. The fraction of sp³-hybridized carbons (Fsp3) is 0. The monoisotopic (exact) mass is 171 g/mol. The van der Waals surface area contributed by atoms with Crippen LogP contribution in [0.4, 0.5) is 0 Å². The molecule has 7 nitrogen and oxygen atoms in total. The number of rotatable bonds is 1. The minimum absolute atomic E-state index is 0.0706. The summed E-state index contributed by atoms with van der Waals surface area (Å²) >= 11 is 0. The fourth-order valence-electron chi connectivity index (χ4n) is 0.609. The number of hydrogen-bond acceptors (Lipinski definition) is 7. The van der Waals surface area contributed by atoms with Crippen LogP contribution in [0.2, 0.25) is 0 Å². The van der Waals surface area contributed by atoms with E-state index >= 15 is 0 Å². The van der Waals surface area contributed by atoms with Crippen molar-refractivity contribution in [3.63, 3.8) is 0 Å². The highest BCUT2D eigenvalue weighted by molar-refractivity contribution is 5.72. The van der Waals surface area contributed by atoms with Crippen LogP contribution >= 0.6 is 0 Å². The summed E-state index contributed by atoms with van der Waals surface area (Å²) in [7, 11) is 0. The van der Waals surface area contributed by atoms with Crippen molar-refractivity contribution in [2.75, 3.05) is 0 Å². The van der Waals surface area contributed by atoms with Gasteiger partial charge in [-0.1, -0.05) is 0 Å². The van der Waals surface area contributed by atoms with Gasteiger partial charge < -0.3 is 0 Å².